The van der Waals surface area contributed by atoms with Crippen LogP contribution >= 0.6 is 32.1 Å². The highest BCUT2D eigenvalue weighted by Crippen LogP contribution is 2.51. The van der Waals surface area contributed by atoms with Gasteiger partial charge in [-0.15, -0.1) is 0 Å². The predicted octanol–water partition coefficient (Wildman–Crippen LogP) is 24.1. The summed E-state index contributed by atoms with van der Waals surface area (Å²) in [5.74, 6) is 0. The van der Waals surface area contributed by atoms with Crippen LogP contribution in [0.15, 0.2) is 222 Å². The number of hydrogen-bond acceptors (Lipinski definition) is 8. The van der Waals surface area contributed by atoms with Crippen molar-refractivity contribution < 1.29 is 33.6 Å². The van der Waals surface area contributed by atoms with Crippen LogP contribution in [-0.2, 0) is 24.6 Å². The van der Waals surface area contributed by atoms with Crippen molar-refractivity contribution >= 4 is 120 Å². The minimum atomic E-state index is -1.64. The van der Waals surface area contributed by atoms with E-state index in [1.165, 1.54) is 0 Å². The Morgan fingerprint density at radius 2 is 0.422 bits per heavy atom. The largest absolute Gasteiger partial charge is 0.419 e. The molecule has 0 bridgehead atoms. The van der Waals surface area contributed by atoms with Gasteiger partial charge < -0.3 is 33.6 Å². The molecule has 12 heteroatoms. The lowest BCUT2D eigenvalue weighted by atomic mass is 9.89. The van der Waals surface area contributed by atoms with Crippen LogP contribution in [0.4, 0.5) is 0 Å². The summed E-state index contributed by atoms with van der Waals surface area (Å²) >= 11 is 0. The minimum absolute atomic E-state index is 0.458. The molecule has 0 saturated heterocycles. The number of para-hydroxylation sites is 8. The smallest absolute Gasteiger partial charge is 0.221 e. The van der Waals surface area contributed by atoms with E-state index >= 15 is 0 Å². The molecule has 0 aliphatic rings. The molecule has 14 rings (SSSR count). The van der Waals surface area contributed by atoms with Crippen LogP contribution in [0.5, 0.6) is 0 Å². The molecule has 0 amide bonds. The first-order valence-corrected chi connectivity index (χ1v) is 33.5. The molecule has 0 spiro atoms. The minimum Gasteiger partial charge on any atom is -0.419 e. The zero-order chi connectivity index (χ0) is 56.5. The van der Waals surface area contributed by atoms with Crippen molar-refractivity contribution in [1.82, 2.24) is 0 Å². The molecule has 4 aromatic heterocycles. The topological polar surface area (TPSA) is 105 Å². The number of aryl methyl sites for hydroxylation is 7. The first-order chi connectivity index (χ1) is 40.5. The van der Waals surface area contributed by atoms with E-state index in [9.17, 15) is 0 Å². The molecule has 0 aliphatic heterocycles. The van der Waals surface area contributed by atoms with Crippen LogP contribution in [0.25, 0.3) is 98.9 Å². The Labute approximate surface area is 484 Å². The highest BCUT2D eigenvalue weighted by Gasteiger charge is 2.25. The Morgan fingerprint density at radius 1 is 0.217 bits per heavy atom. The molecule has 0 saturated carbocycles. The maximum Gasteiger partial charge on any atom is 0.221 e. The fourth-order valence-corrected chi connectivity index (χ4v) is 18.2. The summed E-state index contributed by atoms with van der Waals surface area (Å²) in [6.45, 7) is 14.8. The second-order valence-corrected chi connectivity index (χ2v) is 27.1. The van der Waals surface area contributed by atoms with Gasteiger partial charge in [-0.3, -0.25) is 0 Å². The van der Waals surface area contributed by atoms with Crippen LogP contribution in [0, 0.1) is 48.5 Å². The van der Waals surface area contributed by atoms with Gasteiger partial charge in [-0.1, -0.05) is 182 Å². The van der Waals surface area contributed by atoms with Crippen molar-refractivity contribution in [3.63, 3.8) is 0 Å². The molecule has 1 unspecified atom stereocenters. The molecule has 412 valence electrons. The fourth-order valence-electron chi connectivity index (χ4n) is 11.9. The summed E-state index contributed by atoms with van der Waals surface area (Å²) in [5.41, 5.74) is 20.4. The second-order valence-electron chi connectivity index (χ2n) is 21.8. The SMILES string of the molecule is Cc1cccc2c1op(Cc1cccc(Cp3oc4c(C)cccc4c4cccc(C)c4o3)c1-c1c(Cp3oc4c(C)cccc4c4cccc(C)c4o3)cccc1Cp1oc3c(C)cccc3c3cccc(C)c3o1)oc1ccccc12. The normalized spacial score (nSPS) is 12.0. The van der Waals surface area contributed by atoms with Crippen molar-refractivity contribution in [2.75, 3.05) is 0 Å². The summed E-state index contributed by atoms with van der Waals surface area (Å²) in [6.07, 6.45) is 1.83. The van der Waals surface area contributed by atoms with E-state index in [2.05, 4.69) is 230 Å². The summed E-state index contributed by atoms with van der Waals surface area (Å²) in [5, 5.41) is 8.16. The lowest BCUT2D eigenvalue weighted by Gasteiger charge is -2.20. The monoisotopic (exact) mass is 1160 g/mol. The Kier molecular flexibility index (Phi) is 13.9. The Morgan fingerprint density at radius 3 is 0.687 bits per heavy atom. The summed E-state index contributed by atoms with van der Waals surface area (Å²) < 4.78 is 57.9. The van der Waals surface area contributed by atoms with E-state index in [0.29, 0.717) is 24.6 Å². The number of rotatable bonds is 9. The molecule has 4 heterocycles. The standard InChI is InChI=1S/C71H60O8P4/c1-43-19-10-31-55-54-30-8-9-38-62(54)72-80(73-65(43)55)39-50-26-17-27-51(40-81-74-66-44(2)20-11-32-56(66)57-33-12-21-45(3)67(57)75-81)63(50)64-52(41-82-76-68-46(4)22-13-34-58(68)59-35-14-23-47(5)69(59)77-82)28-18-29-53(64)42-83-78-70-48(6)24-15-36-60(70)61-37-16-25-49(7)71(61)79-83/h8-38H,39-42H2,1-7H3. The summed E-state index contributed by atoms with van der Waals surface area (Å²) in [7, 11) is -6.53. The van der Waals surface area contributed by atoms with Crippen molar-refractivity contribution in [3.05, 3.63) is 249 Å². The van der Waals surface area contributed by atoms with Gasteiger partial charge in [-0.05, 0) is 127 Å². The van der Waals surface area contributed by atoms with Gasteiger partial charge in [-0.25, -0.2) is 0 Å². The van der Waals surface area contributed by atoms with E-state index in [1.54, 1.807) is 0 Å². The molecule has 10 aromatic carbocycles. The molecule has 0 aliphatic carbocycles. The quantitative estimate of drug-likeness (QED) is 0.141. The maximum atomic E-state index is 7.25. The molecule has 1 atom stereocenters. The Balaban J connectivity index is 1.08. The average Bonchev–Trinajstić information content (AvgIpc) is 4.07. The molecule has 0 N–H and O–H groups in total. The first kappa shape index (κ1) is 52.8. The van der Waals surface area contributed by atoms with Crippen molar-refractivity contribution in [3.8, 4) is 11.1 Å². The molecule has 0 fully saturated rings. The van der Waals surface area contributed by atoms with Gasteiger partial charge in [0.05, 0.1) is 24.6 Å². The van der Waals surface area contributed by atoms with E-state index in [1.807, 2.05) is 6.07 Å². The van der Waals surface area contributed by atoms with Crippen LogP contribution in [0.1, 0.15) is 61.2 Å². The van der Waals surface area contributed by atoms with Crippen LogP contribution < -0.4 is 0 Å². The van der Waals surface area contributed by atoms with Gasteiger partial charge in [0.2, 0.25) is 32.1 Å². The third-order valence-electron chi connectivity index (χ3n) is 16.0. The fraction of sp³-hybridized carbons (Fsp3) is 0.155. The number of fused-ring (bicyclic) bond motifs is 12. The lowest BCUT2D eigenvalue weighted by molar-refractivity contribution is 0.633. The molecule has 14 aromatic rings. The molecule has 83 heavy (non-hydrogen) atoms. The van der Waals surface area contributed by atoms with Crippen LogP contribution in [0.2, 0.25) is 0 Å². The highest BCUT2D eigenvalue weighted by molar-refractivity contribution is 7.37. The van der Waals surface area contributed by atoms with E-state index in [-0.39, 0.29) is 0 Å². The zero-order valence-corrected chi connectivity index (χ0v) is 50.9. The summed E-state index contributed by atoms with van der Waals surface area (Å²) in [4.78, 5) is 0. The van der Waals surface area contributed by atoms with Gasteiger partial charge in [0.15, 0.2) is 0 Å². The van der Waals surface area contributed by atoms with Gasteiger partial charge in [-0.2, -0.15) is 0 Å². The van der Waals surface area contributed by atoms with E-state index < -0.39 is 32.1 Å². The van der Waals surface area contributed by atoms with Crippen molar-refractivity contribution in [1.29, 1.82) is 0 Å². The molecular formula is C71H60O8P4. The number of hydrogen-bond donors (Lipinski definition) is 0. The van der Waals surface area contributed by atoms with Gasteiger partial charge in [0, 0.05) is 43.1 Å². The highest BCUT2D eigenvalue weighted by atomic mass is 31.1. The summed E-state index contributed by atoms with van der Waals surface area (Å²) in [6, 6.07) is 66.1. The van der Waals surface area contributed by atoms with E-state index in [0.717, 1.165) is 160 Å². The van der Waals surface area contributed by atoms with E-state index in [4.69, 9.17) is 33.6 Å². The van der Waals surface area contributed by atoms with Crippen LogP contribution in [-0.4, -0.2) is 0 Å². The first-order valence-electron chi connectivity index (χ1n) is 28.0. The predicted molar refractivity (Wildman–Crippen MR) is 347 cm³/mol. The average molecular weight is 1170 g/mol. The third kappa shape index (κ3) is 9.82. The van der Waals surface area contributed by atoms with Gasteiger partial charge >= 0.3 is 0 Å². The third-order valence-corrected chi connectivity index (χ3v) is 21.5. The Hall–Kier alpha value is -8.20. The van der Waals surface area contributed by atoms with Crippen LogP contribution in [0.3, 0.4) is 0 Å². The molecule has 8 nitrogen and oxygen atoms in total. The lowest BCUT2D eigenvalue weighted by Crippen LogP contribution is -2.01. The molecular weight excluding hydrogens is 1100 g/mol. The number of benzene rings is 10. The van der Waals surface area contributed by atoms with Gasteiger partial charge in [0.25, 0.3) is 0 Å². The second kappa shape index (κ2) is 21.8. The van der Waals surface area contributed by atoms with Gasteiger partial charge in [0.1, 0.15) is 44.7 Å². The Bertz CT molecular complexity index is 4760. The maximum absolute atomic E-state index is 7.25. The van der Waals surface area contributed by atoms with Crippen molar-refractivity contribution in [2.45, 2.75) is 73.1 Å². The van der Waals surface area contributed by atoms with Crippen molar-refractivity contribution in [2.24, 2.45) is 0 Å². The zero-order valence-electron chi connectivity index (χ0n) is 47.3. The molecule has 0 radical (unpaired) electrons.